The molecule has 1 amide bonds. The molecule has 0 spiro atoms. The van der Waals surface area contributed by atoms with Crippen molar-refractivity contribution in [3.8, 4) is 5.75 Å². The number of ether oxygens (including phenoxy) is 1. The van der Waals surface area contributed by atoms with Crippen molar-refractivity contribution in [1.29, 1.82) is 0 Å². The van der Waals surface area contributed by atoms with Crippen LogP contribution < -0.4 is 9.64 Å². The summed E-state index contributed by atoms with van der Waals surface area (Å²) in [6.07, 6.45) is 0.469. The van der Waals surface area contributed by atoms with E-state index in [1.807, 2.05) is 78.6 Å². The third-order valence-electron chi connectivity index (χ3n) is 5.81. The minimum absolute atomic E-state index is 0.0529. The topological polar surface area (TPSA) is 47.4 Å². The van der Waals surface area contributed by atoms with Crippen LogP contribution in [0.5, 0.6) is 5.75 Å². The van der Waals surface area contributed by atoms with E-state index in [4.69, 9.17) is 9.72 Å². The molecule has 0 bridgehead atoms. The Morgan fingerprint density at radius 2 is 1.81 bits per heavy atom. The molecule has 156 valence electrons. The van der Waals surface area contributed by atoms with E-state index in [2.05, 4.69) is 16.7 Å². The zero-order valence-electron chi connectivity index (χ0n) is 17.6. The highest BCUT2D eigenvalue weighted by molar-refractivity contribution is 5.96. The lowest BCUT2D eigenvalue weighted by Crippen LogP contribution is -2.24. The van der Waals surface area contributed by atoms with Crippen molar-refractivity contribution in [2.75, 3.05) is 18.1 Å². The number of imidazole rings is 1. The lowest BCUT2D eigenvalue weighted by Gasteiger charge is -2.18. The Balaban J connectivity index is 1.41. The Kier molecular flexibility index (Phi) is 5.16. The summed E-state index contributed by atoms with van der Waals surface area (Å²) in [7, 11) is 0. The smallest absolute Gasteiger partial charge is 0.227 e. The van der Waals surface area contributed by atoms with Gasteiger partial charge in [-0.05, 0) is 48.9 Å². The fourth-order valence-corrected chi connectivity index (χ4v) is 4.34. The van der Waals surface area contributed by atoms with Crippen LogP contribution in [0.1, 0.15) is 23.7 Å². The molecule has 1 fully saturated rings. The molecule has 4 aromatic rings. The van der Waals surface area contributed by atoms with Crippen molar-refractivity contribution in [2.24, 2.45) is 0 Å². The summed E-state index contributed by atoms with van der Waals surface area (Å²) in [5, 5.41) is 0. The summed E-state index contributed by atoms with van der Waals surface area (Å²) in [6.45, 7) is 3.92. The highest BCUT2D eigenvalue weighted by Crippen LogP contribution is 2.33. The first-order valence-electron chi connectivity index (χ1n) is 10.7. The van der Waals surface area contributed by atoms with Crippen molar-refractivity contribution in [3.05, 3.63) is 90.3 Å². The molecule has 3 aromatic carbocycles. The Morgan fingerprint density at radius 3 is 2.65 bits per heavy atom. The largest absolute Gasteiger partial charge is 0.492 e. The Labute approximate surface area is 181 Å². The summed E-state index contributed by atoms with van der Waals surface area (Å²) in [5.74, 6) is 2.02. The van der Waals surface area contributed by atoms with E-state index in [0.29, 0.717) is 26.1 Å². The first-order chi connectivity index (χ1) is 15.2. The number of carbonyl (C=O) groups is 1. The van der Waals surface area contributed by atoms with Gasteiger partial charge in [-0.2, -0.15) is 0 Å². The molecule has 1 saturated heterocycles. The Morgan fingerprint density at radius 1 is 1.00 bits per heavy atom. The summed E-state index contributed by atoms with van der Waals surface area (Å²) in [5.41, 5.74) is 4.15. The molecule has 0 unspecified atom stereocenters. The second kappa shape index (κ2) is 8.26. The van der Waals surface area contributed by atoms with Gasteiger partial charge >= 0.3 is 0 Å². The second-order valence-electron chi connectivity index (χ2n) is 8.02. The van der Waals surface area contributed by atoms with E-state index in [1.54, 1.807) is 0 Å². The van der Waals surface area contributed by atoms with Crippen LogP contribution in [-0.4, -0.2) is 28.6 Å². The first kappa shape index (κ1) is 19.4. The van der Waals surface area contributed by atoms with Gasteiger partial charge in [0.25, 0.3) is 0 Å². The van der Waals surface area contributed by atoms with E-state index in [-0.39, 0.29) is 11.8 Å². The number of amides is 1. The number of rotatable bonds is 6. The van der Waals surface area contributed by atoms with Crippen LogP contribution in [0.15, 0.2) is 78.9 Å². The molecule has 1 aliphatic rings. The van der Waals surface area contributed by atoms with Crippen molar-refractivity contribution in [1.82, 2.24) is 9.55 Å². The monoisotopic (exact) mass is 411 g/mol. The van der Waals surface area contributed by atoms with Crippen LogP contribution >= 0.6 is 0 Å². The van der Waals surface area contributed by atoms with Crippen LogP contribution in [0.3, 0.4) is 0 Å². The molecule has 5 heteroatoms. The molecule has 5 nitrogen and oxygen atoms in total. The predicted octanol–water partition coefficient (Wildman–Crippen LogP) is 4.94. The van der Waals surface area contributed by atoms with Gasteiger partial charge in [0.1, 0.15) is 18.2 Å². The van der Waals surface area contributed by atoms with Crippen LogP contribution in [0.4, 0.5) is 5.69 Å². The number of fused-ring (bicyclic) bond motifs is 1. The quantitative estimate of drug-likeness (QED) is 0.451. The van der Waals surface area contributed by atoms with E-state index in [0.717, 1.165) is 33.9 Å². The molecule has 2 heterocycles. The highest BCUT2D eigenvalue weighted by atomic mass is 16.5. The number of nitrogens with zero attached hydrogens (tertiary/aromatic N) is 3. The summed E-state index contributed by atoms with van der Waals surface area (Å²) in [4.78, 5) is 19.7. The van der Waals surface area contributed by atoms with Crippen molar-refractivity contribution < 1.29 is 9.53 Å². The summed E-state index contributed by atoms with van der Waals surface area (Å²) >= 11 is 0. The molecule has 0 N–H and O–H groups in total. The molecule has 1 aliphatic heterocycles. The average molecular weight is 412 g/mol. The Bertz CT molecular complexity index is 1220. The number of anilines is 1. The maximum Gasteiger partial charge on any atom is 0.227 e. The fourth-order valence-electron chi connectivity index (χ4n) is 4.34. The molecule has 0 saturated carbocycles. The molecule has 0 radical (unpaired) electrons. The maximum atomic E-state index is 12.9. The zero-order valence-corrected chi connectivity index (χ0v) is 17.6. The summed E-state index contributed by atoms with van der Waals surface area (Å²) in [6, 6.07) is 26.1. The van der Waals surface area contributed by atoms with Gasteiger partial charge in [0, 0.05) is 24.6 Å². The lowest BCUT2D eigenvalue weighted by molar-refractivity contribution is -0.117. The molecular formula is C26H25N3O2. The van der Waals surface area contributed by atoms with Gasteiger partial charge in [0.2, 0.25) is 5.91 Å². The van der Waals surface area contributed by atoms with Crippen molar-refractivity contribution in [3.63, 3.8) is 0 Å². The lowest BCUT2D eigenvalue weighted by atomic mass is 10.1. The molecule has 1 atom stereocenters. The molecule has 1 aromatic heterocycles. The molecular weight excluding hydrogens is 386 g/mol. The van der Waals surface area contributed by atoms with E-state index < -0.39 is 0 Å². The zero-order chi connectivity index (χ0) is 21.2. The van der Waals surface area contributed by atoms with Crippen molar-refractivity contribution >= 4 is 22.6 Å². The van der Waals surface area contributed by atoms with Crippen molar-refractivity contribution in [2.45, 2.75) is 25.8 Å². The third kappa shape index (κ3) is 3.91. The highest BCUT2D eigenvalue weighted by Gasteiger charge is 2.34. The number of para-hydroxylation sites is 3. The second-order valence-corrected chi connectivity index (χ2v) is 8.02. The number of hydrogen-bond donors (Lipinski definition) is 0. The first-order valence-corrected chi connectivity index (χ1v) is 10.7. The van der Waals surface area contributed by atoms with Gasteiger partial charge in [-0.25, -0.2) is 4.98 Å². The van der Waals surface area contributed by atoms with Gasteiger partial charge in [-0.15, -0.1) is 0 Å². The predicted molar refractivity (Wildman–Crippen MR) is 123 cm³/mol. The molecule has 0 aliphatic carbocycles. The number of hydrogen-bond acceptors (Lipinski definition) is 3. The Hall–Kier alpha value is -3.60. The minimum atomic E-state index is 0.0529. The third-order valence-corrected chi connectivity index (χ3v) is 5.81. The number of aryl methyl sites for hydroxylation is 1. The standard InChI is InChI=1S/C26H25N3O2/c1-19-8-7-9-21(16-19)29-18-20(17-25(29)30)26-27-23-12-5-6-13-24(23)28(26)14-15-31-22-10-3-2-4-11-22/h2-13,16,20H,14-15,17-18H2,1H3/t20-/m1/s1. The van der Waals surface area contributed by atoms with Gasteiger partial charge in [0.15, 0.2) is 0 Å². The van der Waals surface area contributed by atoms with Gasteiger partial charge < -0.3 is 14.2 Å². The minimum Gasteiger partial charge on any atom is -0.492 e. The number of benzene rings is 3. The maximum absolute atomic E-state index is 12.9. The number of carbonyl (C=O) groups excluding carboxylic acids is 1. The van der Waals surface area contributed by atoms with E-state index in [1.165, 1.54) is 0 Å². The van der Waals surface area contributed by atoms with Crippen LogP contribution in [-0.2, 0) is 11.3 Å². The van der Waals surface area contributed by atoms with Crippen LogP contribution in [0, 0.1) is 6.92 Å². The summed E-state index contributed by atoms with van der Waals surface area (Å²) < 4.78 is 8.16. The van der Waals surface area contributed by atoms with E-state index in [9.17, 15) is 4.79 Å². The SMILES string of the molecule is Cc1cccc(N2C[C@H](c3nc4ccccc4n3CCOc3ccccc3)CC2=O)c1. The van der Waals surface area contributed by atoms with Crippen LogP contribution in [0.25, 0.3) is 11.0 Å². The van der Waals surface area contributed by atoms with E-state index >= 15 is 0 Å². The normalized spacial score (nSPS) is 16.2. The molecule has 5 rings (SSSR count). The van der Waals surface area contributed by atoms with Gasteiger partial charge in [0.05, 0.1) is 17.6 Å². The average Bonchev–Trinajstić information content (AvgIpc) is 3.35. The van der Waals surface area contributed by atoms with Crippen LogP contribution in [0.2, 0.25) is 0 Å². The van der Waals surface area contributed by atoms with Gasteiger partial charge in [-0.3, -0.25) is 4.79 Å². The van der Waals surface area contributed by atoms with Gasteiger partial charge in [-0.1, -0.05) is 42.5 Å². The number of aromatic nitrogens is 2. The molecule has 31 heavy (non-hydrogen) atoms. The fraction of sp³-hybridized carbons (Fsp3) is 0.231.